The third-order valence-corrected chi connectivity index (χ3v) is 5.84. The summed E-state index contributed by atoms with van der Waals surface area (Å²) < 4.78 is 11.2. The Bertz CT molecular complexity index is 1300. The second-order valence-corrected chi connectivity index (χ2v) is 8.08. The van der Waals surface area contributed by atoms with Gasteiger partial charge in [-0.05, 0) is 25.5 Å². The van der Waals surface area contributed by atoms with Crippen molar-refractivity contribution in [2.75, 3.05) is 19.7 Å². The molecule has 0 unspecified atom stereocenters. The first kappa shape index (κ1) is 21.0. The summed E-state index contributed by atoms with van der Waals surface area (Å²) in [7, 11) is 0. The number of aromatic nitrogens is 5. The van der Waals surface area contributed by atoms with Crippen molar-refractivity contribution in [2.24, 2.45) is 0 Å². The topological polar surface area (TPSA) is 107 Å². The summed E-state index contributed by atoms with van der Waals surface area (Å²) in [5.41, 5.74) is 3.28. The second-order valence-electron chi connectivity index (χ2n) is 8.08. The highest BCUT2D eigenvalue weighted by Crippen LogP contribution is 2.32. The zero-order chi connectivity index (χ0) is 22.8. The number of rotatable bonds is 6. The number of hydrogen-bond acceptors (Lipinski definition) is 8. The molecule has 1 aromatic carbocycles. The van der Waals surface area contributed by atoms with E-state index in [4.69, 9.17) is 9.26 Å². The lowest BCUT2D eigenvalue weighted by Crippen LogP contribution is -2.33. The first-order chi connectivity index (χ1) is 16.1. The van der Waals surface area contributed by atoms with Crippen LogP contribution in [-0.4, -0.2) is 55.6 Å². The molecule has 9 heteroatoms. The van der Waals surface area contributed by atoms with Crippen LogP contribution in [0.25, 0.3) is 22.3 Å². The number of benzene rings is 1. The lowest BCUT2D eigenvalue weighted by atomic mass is 10.00. The molecule has 1 fully saturated rings. The average Bonchev–Trinajstić information content (AvgIpc) is 3.52. The quantitative estimate of drug-likeness (QED) is 0.446. The lowest BCUT2D eigenvalue weighted by Gasteiger charge is -2.18. The second kappa shape index (κ2) is 8.93. The molecule has 33 heavy (non-hydrogen) atoms. The van der Waals surface area contributed by atoms with Crippen LogP contribution in [0, 0.1) is 6.92 Å². The summed E-state index contributed by atoms with van der Waals surface area (Å²) in [5, 5.41) is 4.96. The Morgan fingerprint density at radius 3 is 3.00 bits per heavy atom. The zero-order valence-electron chi connectivity index (χ0n) is 18.6. The minimum Gasteiger partial charge on any atom is -0.483 e. The van der Waals surface area contributed by atoms with Crippen LogP contribution in [0.4, 0.5) is 0 Å². The Labute approximate surface area is 190 Å². The van der Waals surface area contributed by atoms with Crippen molar-refractivity contribution in [1.82, 2.24) is 30.0 Å². The van der Waals surface area contributed by atoms with E-state index in [1.165, 1.54) is 6.33 Å². The summed E-state index contributed by atoms with van der Waals surface area (Å²) in [6.45, 7) is 5.04. The van der Waals surface area contributed by atoms with Crippen LogP contribution in [0.5, 0.6) is 5.75 Å². The molecule has 0 spiro atoms. The number of pyridine rings is 1. The van der Waals surface area contributed by atoms with Crippen molar-refractivity contribution in [2.45, 2.75) is 32.6 Å². The molecule has 5 rings (SSSR count). The number of amides is 1. The lowest BCUT2D eigenvalue weighted by molar-refractivity contribution is -0.132. The average molecular weight is 444 g/mol. The number of carbonyl (C=O) groups excluding carboxylic acids is 1. The Balaban J connectivity index is 1.28. The van der Waals surface area contributed by atoms with Gasteiger partial charge in [-0.2, -0.15) is 4.98 Å². The molecule has 3 aromatic heterocycles. The van der Waals surface area contributed by atoms with Gasteiger partial charge in [0.15, 0.2) is 6.61 Å². The van der Waals surface area contributed by atoms with Gasteiger partial charge in [-0.15, -0.1) is 0 Å². The number of hydrogen-bond donors (Lipinski definition) is 0. The fourth-order valence-electron chi connectivity index (χ4n) is 4.17. The van der Waals surface area contributed by atoms with Crippen molar-refractivity contribution in [3.05, 3.63) is 60.1 Å². The molecule has 0 N–H and O–H groups in total. The minimum atomic E-state index is -0.0560. The fourth-order valence-corrected chi connectivity index (χ4v) is 4.17. The van der Waals surface area contributed by atoms with E-state index >= 15 is 0 Å². The molecule has 1 amide bonds. The van der Waals surface area contributed by atoms with Gasteiger partial charge in [-0.3, -0.25) is 9.78 Å². The molecule has 0 aliphatic carbocycles. The van der Waals surface area contributed by atoms with Gasteiger partial charge in [0.25, 0.3) is 5.91 Å². The van der Waals surface area contributed by atoms with Crippen LogP contribution in [0.2, 0.25) is 0 Å². The molecule has 4 aromatic rings. The van der Waals surface area contributed by atoms with Gasteiger partial charge >= 0.3 is 0 Å². The number of nitrogens with zero attached hydrogens (tertiary/aromatic N) is 6. The molecule has 0 radical (unpaired) electrons. The molecule has 1 saturated heterocycles. The van der Waals surface area contributed by atoms with E-state index in [0.29, 0.717) is 37.0 Å². The maximum Gasteiger partial charge on any atom is 0.260 e. The monoisotopic (exact) mass is 444 g/mol. The number of aryl methyl sites for hydroxylation is 2. The van der Waals surface area contributed by atoms with Gasteiger partial charge < -0.3 is 14.2 Å². The first-order valence-electron chi connectivity index (χ1n) is 11.0. The van der Waals surface area contributed by atoms with E-state index in [1.54, 1.807) is 6.20 Å². The molecule has 9 nitrogen and oxygen atoms in total. The Kier molecular flexibility index (Phi) is 5.68. The maximum atomic E-state index is 12.9. The Hall–Kier alpha value is -3.88. The molecule has 4 heterocycles. The van der Waals surface area contributed by atoms with Crippen LogP contribution in [0.1, 0.15) is 36.5 Å². The molecular weight excluding hydrogens is 420 g/mol. The highest BCUT2D eigenvalue weighted by Gasteiger charge is 2.31. The van der Waals surface area contributed by atoms with Crippen LogP contribution in [-0.2, 0) is 11.2 Å². The third-order valence-electron chi connectivity index (χ3n) is 5.84. The van der Waals surface area contributed by atoms with Crippen LogP contribution in [0.3, 0.4) is 0 Å². The molecule has 0 saturated carbocycles. The summed E-state index contributed by atoms with van der Waals surface area (Å²) in [6.07, 6.45) is 4.68. The number of carbonyl (C=O) groups is 1. The SMILES string of the molecule is CCc1nc(-c2cncnc2[C@H]2CCN(C(=O)COc3cc(C)nc4ccccc34)C2)no1. The minimum absolute atomic E-state index is 0.0263. The van der Waals surface area contributed by atoms with Gasteiger partial charge in [0.05, 0.1) is 16.8 Å². The Morgan fingerprint density at radius 1 is 1.27 bits per heavy atom. The largest absolute Gasteiger partial charge is 0.483 e. The van der Waals surface area contributed by atoms with E-state index < -0.39 is 0 Å². The van der Waals surface area contributed by atoms with E-state index in [2.05, 4.69) is 25.1 Å². The predicted molar refractivity (Wildman–Crippen MR) is 121 cm³/mol. The van der Waals surface area contributed by atoms with Crippen molar-refractivity contribution in [3.8, 4) is 17.1 Å². The van der Waals surface area contributed by atoms with Crippen molar-refractivity contribution in [1.29, 1.82) is 0 Å². The number of para-hydroxylation sites is 1. The van der Waals surface area contributed by atoms with Gasteiger partial charge in [-0.1, -0.05) is 24.2 Å². The van der Waals surface area contributed by atoms with E-state index in [0.717, 1.165) is 34.3 Å². The molecule has 0 bridgehead atoms. The third kappa shape index (κ3) is 4.26. The summed E-state index contributed by atoms with van der Waals surface area (Å²) in [6, 6.07) is 9.63. The highest BCUT2D eigenvalue weighted by molar-refractivity contribution is 5.86. The first-order valence-corrected chi connectivity index (χ1v) is 11.0. The summed E-state index contributed by atoms with van der Waals surface area (Å²) >= 11 is 0. The van der Waals surface area contributed by atoms with Crippen molar-refractivity contribution < 1.29 is 14.1 Å². The molecular formula is C24H24N6O3. The summed E-state index contributed by atoms with van der Waals surface area (Å²) in [5.74, 6) is 1.73. The van der Waals surface area contributed by atoms with Gasteiger partial charge in [0.2, 0.25) is 11.7 Å². The van der Waals surface area contributed by atoms with E-state index in [-0.39, 0.29) is 18.4 Å². The van der Waals surface area contributed by atoms with Crippen LogP contribution < -0.4 is 4.74 Å². The van der Waals surface area contributed by atoms with Crippen molar-refractivity contribution >= 4 is 16.8 Å². The standard InChI is InChI=1S/C24H24N6O3/c1-3-21-28-24(29-33-21)18-11-25-14-26-23(18)16-8-9-30(12-16)22(31)13-32-20-10-15(2)27-19-7-5-4-6-17(19)20/h4-7,10-11,14,16H,3,8-9,12-13H2,1-2H3/t16-/m0/s1. The van der Waals surface area contributed by atoms with Gasteiger partial charge in [0, 0.05) is 48.8 Å². The van der Waals surface area contributed by atoms with Crippen LogP contribution >= 0.6 is 0 Å². The highest BCUT2D eigenvalue weighted by atomic mass is 16.5. The number of likely N-dealkylation sites (tertiary alicyclic amines) is 1. The molecule has 1 aliphatic heterocycles. The molecule has 1 aliphatic rings. The van der Waals surface area contributed by atoms with E-state index in [1.807, 2.05) is 49.1 Å². The zero-order valence-corrected chi connectivity index (χ0v) is 18.6. The van der Waals surface area contributed by atoms with Gasteiger partial charge in [0.1, 0.15) is 12.1 Å². The summed E-state index contributed by atoms with van der Waals surface area (Å²) in [4.78, 5) is 32.3. The maximum absolute atomic E-state index is 12.9. The van der Waals surface area contributed by atoms with Crippen molar-refractivity contribution in [3.63, 3.8) is 0 Å². The molecule has 1 atom stereocenters. The van der Waals surface area contributed by atoms with Gasteiger partial charge in [-0.25, -0.2) is 9.97 Å². The van der Waals surface area contributed by atoms with E-state index in [9.17, 15) is 4.79 Å². The number of fused-ring (bicyclic) bond motifs is 1. The Morgan fingerprint density at radius 2 is 2.15 bits per heavy atom. The molecule has 168 valence electrons. The smallest absolute Gasteiger partial charge is 0.260 e. The predicted octanol–water partition coefficient (Wildman–Crippen LogP) is 3.34. The normalized spacial score (nSPS) is 15.8. The number of ether oxygens (including phenoxy) is 1. The van der Waals surface area contributed by atoms with Crippen LogP contribution in [0.15, 0.2) is 47.4 Å². The fraction of sp³-hybridized carbons (Fsp3) is 0.333.